The molecule has 134 valence electrons. The van der Waals surface area contributed by atoms with Crippen molar-refractivity contribution in [1.82, 2.24) is 9.55 Å². The molecule has 5 heteroatoms. The van der Waals surface area contributed by atoms with Gasteiger partial charge >= 0.3 is 0 Å². The van der Waals surface area contributed by atoms with Crippen LogP contribution < -0.4 is 5.43 Å². The van der Waals surface area contributed by atoms with E-state index in [4.69, 9.17) is 4.98 Å². The lowest BCUT2D eigenvalue weighted by Gasteiger charge is -2.25. The molecule has 0 unspecified atom stereocenters. The number of rotatable bonds is 2. The topological polar surface area (TPSA) is 34.9 Å². The van der Waals surface area contributed by atoms with Crippen LogP contribution in [0.15, 0.2) is 34.2 Å². The molecule has 0 N–H and O–H groups in total. The number of aromatic nitrogens is 2. The van der Waals surface area contributed by atoms with Crippen molar-refractivity contribution in [1.29, 1.82) is 0 Å². The summed E-state index contributed by atoms with van der Waals surface area (Å²) in [5.41, 5.74) is 4.45. The van der Waals surface area contributed by atoms with Crippen molar-refractivity contribution < 1.29 is 0 Å². The third-order valence-corrected chi connectivity index (χ3v) is 7.73. The van der Waals surface area contributed by atoms with Crippen molar-refractivity contribution >= 4 is 33.4 Å². The van der Waals surface area contributed by atoms with Gasteiger partial charge in [0.2, 0.25) is 5.43 Å². The summed E-state index contributed by atoms with van der Waals surface area (Å²) >= 11 is 3.46. The maximum atomic E-state index is 13.3. The molecule has 2 aromatic heterocycles. The van der Waals surface area contributed by atoms with Crippen LogP contribution in [0.5, 0.6) is 0 Å². The van der Waals surface area contributed by atoms with Gasteiger partial charge in [-0.2, -0.15) is 0 Å². The van der Waals surface area contributed by atoms with Crippen LogP contribution in [-0.4, -0.2) is 15.8 Å². The van der Waals surface area contributed by atoms with Gasteiger partial charge in [0.25, 0.3) is 0 Å². The molecule has 0 aliphatic heterocycles. The second-order valence-corrected chi connectivity index (χ2v) is 9.08. The van der Waals surface area contributed by atoms with Gasteiger partial charge in [0.1, 0.15) is 10.3 Å². The average Bonchev–Trinajstić information content (AvgIpc) is 3.07. The Bertz CT molecular complexity index is 1040. The predicted molar refractivity (Wildman–Crippen MR) is 111 cm³/mol. The molecule has 2 heterocycles. The van der Waals surface area contributed by atoms with E-state index in [0.29, 0.717) is 11.6 Å². The molecule has 3 nitrogen and oxygen atoms in total. The number of fused-ring (bicyclic) bond motifs is 4. The molecule has 2 aliphatic rings. The first-order valence-corrected chi connectivity index (χ1v) is 11.5. The molecule has 26 heavy (non-hydrogen) atoms. The highest BCUT2D eigenvalue weighted by Gasteiger charge is 2.27. The van der Waals surface area contributed by atoms with Crippen LogP contribution in [0.25, 0.3) is 20.8 Å². The molecule has 1 aromatic carbocycles. The largest absolute Gasteiger partial charge is 0.307 e. The zero-order chi connectivity index (χ0) is 17.7. The second-order valence-electron chi connectivity index (χ2n) is 7.31. The van der Waals surface area contributed by atoms with Crippen molar-refractivity contribution in [2.24, 2.45) is 0 Å². The van der Waals surface area contributed by atoms with Crippen LogP contribution in [0, 0.1) is 0 Å². The predicted octanol–water partition coefficient (Wildman–Crippen LogP) is 5.45. The fourth-order valence-electron chi connectivity index (χ4n) is 4.52. The van der Waals surface area contributed by atoms with E-state index in [-0.39, 0.29) is 5.43 Å². The Morgan fingerprint density at radius 3 is 2.77 bits per heavy atom. The zero-order valence-electron chi connectivity index (χ0n) is 15.0. The highest BCUT2D eigenvalue weighted by Crippen LogP contribution is 2.41. The number of nitrogens with zero attached hydrogens (tertiary/aromatic N) is 2. The molecule has 3 aromatic rings. The maximum Gasteiger partial charge on any atom is 0.211 e. The summed E-state index contributed by atoms with van der Waals surface area (Å²) in [6.45, 7) is 0. The summed E-state index contributed by atoms with van der Waals surface area (Å²) in [5.74, 6) is 0. The number of thioether (sulfide) groups is 1. The van der Waals surface area contributed by atoms with E-state index in [1.807, 2.05) is 0 Å². The van der Waals surface area contributed by atoms with Crippen molar-refractivity contribution in [3.8, 4) is 10.4 Å². The molecular formula is C21H22N2OS2. The van der Waals surface area contributed by atoms with Crippen molar-refractivity contribution in [2.45, 2.75) is 56.1 Å². The van der Waals surface area contributed by atoms with E-state index in [1.165, 1.54) is 48.1 Å². The van der Waals surface area contributed by atoms with E-state index >= 15 is 0 Å². The monoisotopic (exact) mass is 382 g/mol. The number of hydrogen-bond acceptors (Lipinski definition) is 4. The normalized spacial score (nSPS) is 17.3. The molecule has 0 radical (unpaired) electrons. The first-order valence-electron chi connectivity index (χ1n) is 9.48. The molecule has 0 amide bonds. The Kier molecular flexibility index (Phi) is 4.17. The minimum Gasteiger partial charge on any atom is -0.307 e. The van der Waals surface area contributed by atoms with E-state index in [9.17, 15) is 4.79 Å². The van der Waals surface area contributed by atoms with E-state index < -0.39 is 0 Å². The van der Waals surface area contributed by atoms with E-state index in [1.54, 1.807) is 23.1 Å². The summed E-state index contributed by atoms with van der Waals surface area (Å²) in [7, 11) is 0. The first-order chi connectivity index (χ1) is 12.8. The number of hydrogen-bond donors (Lipinski definition) is 0. The van der Waals surface area contributed by atoms with Gasteiger partial charge in [-0.15, -0.1) is 11.3 Å². The number of imidazole rings is 1. The zero-order valence-corrected chi connectivity index (χ0v) is 16.6. The molecule has 0 saturated heterocycles. The van der Waals surface area contributed by atoms with Crippen molar-refractivity contribution in [2.75, 3.05) is 6.26 Å². The first kappa shape index (κ1) is 16.6. The minimum absolute atomic E-state index is 0.160. The van der Waals surface area contributed by atoms with Crippen LogP contribution in [0.2, 0.25) is 0 Å². The molecule has 2 aliphatic carbocycles. The summed E-state index contributed by atoms with van der Waals surface area (Å²) in [5, 5.41) is 1.01. The fourth-order valence-corrected chi connectivity index (χ4v) is 6.58. The van der Waals surface area contributed by atoms with Crippen LogP contribution in [0.1, 0.15) is 49.3 Å². The van der Waals surface area contributed by atoms with Gasteiger partial charge in [-0.05, 0) is 43.1 Å². The third kappa shape index (κ3) is 2.48. The van der Waals surface area contributed by atoms with Gasteiger partial charge in [0.05, 0.1) is 0 Å². The van der Waals surface area contributed by atoms with E-state index in [0.717, 1.165) is 28.4 Å². The lowest BCUT2D eigenvalue weighted by atomic mass is 9.91. The molecule has 0 atom stereocenters. The van der Waals surface area contributed by atoms with Gasteiger partial charge in [0.15, 0.2) is 5.16 Å². The Hall–Kier alpha value is -1.59. The maximum absolute atomic E-state index is 13.3. The highest BCUT2D eigenvalue weighted by molar-refractivity contribution is 7.98. The number of benzene rings is 1. The van der Waals surface area contributed by atoms with Gasteiger partial charge in [0, 0.05) is 16.5 Å². The SMILES string of the molecule is CSc1nc2c(=O)c3c(sc2n1C1CCCCC1)-c1ccccc1CC3. The standard InChI is InChI=1S/C21H22N2OS2/c1-25-21-22-17-18(24)16-12-11-13-7-5-6-10-15(13)19(16)26-20(17)23(21)14-8-3-2-4-9-14/h5-7,10,14H,2-4,8-9,11-12H2,1H3. The Morgan fingerprint density at radius 2 is 1.96 bits per heavy atom. The summed E-state index contributed by atoms with van der Waals surface area (Å²) in [4.78, 5) is 20.3. The summed E-state index contributed by atoms with van der Waals surface area (Å²) in [6, 6.07) is 9.05. The lowest BCUT2D eigenvalue weighted by molar-refractivity contribution is 0.344. The van der Waals surface area contributed by atoms with Gasteiger partial charge in [-0.3, -0.25) is 4.79 Å². The Labute approximate surface area is 161 Å². The third-order valence-electron chi connectivity index (χ3n) is 5.83. The van der Waals surface area contributed by atoms with Crippen LogP contribution >= 0.6 is 23.1 Å². The highest BCUT2D eigenvalue weighted by atomic mass is 32.2. The van der Waals surface area contributed by atoms with Crippen molar-refractivity contribution in [3.05, 3.63) is 45.6 Å². The van der Waals surface area contributed by atoms with E-state index in [2.05, 4.69) is 35.1 Å². The molecule has 0 spiro atoms. The van der Waals surface area contributed by atoms with Gasteiger partial charge < -0.3 is 4.57 Å². The summed E-state index contributed by atoms with van der Waals surface area (Å²) < 4.78 is 2.39. The van der Waals surface area contributed by atoms with Gasteiger partial charge in [-0.25, -0.2) is 4.98 Å². The second kappa shape index (κ2) is 6.54. The van der Waals surface area contributed by atoms with Gasteiger partial charge in [-0.1, -0.05) is 55.3 Å². The minimum atomic E-state index is 0.160. The Balaban J connectivity index is 1.79. The van der Waals surface area contributed by atoms with Crippen molar-refractivity contribution in [3.63, 3.8) is 0 Å². The smallest absolute Gasteiger partial charge is 0.211 e. The lowest BCUT2D eigenvalue weighted by Crippen LogP contribution is -2.16. The fraction of sp³-hybridized carbons (Fsp3) is 0.429. The molecule has 5 rings (SSSR count). The molecule has 0 bridgehead atoms. The van der Waals surface area contributed by atoms with Crippen LogP contribution in [0.3, 0.4) is 0 Å². The number of aryl methyl sites for hydroxylation is 1. The Morgan fingerprint density at radius 1 is 1.15 bits per heavy atom. The average molecular weight is 383 g/mol. The van der Waals surface area contributed by atoms with Crippen LogP contribution in [0.4, 0.5) is 0 Å². The molecular weight excluding hydrogens is 360 g/mol. The summed E-state index contributed by atoms with van der Waals surface area (Å²) in [6.07, 6.45) is 10.2. The molecule has 1 fully saturated rings. The molecule has 1 saturated carbocycles. The van der Waals surface area contributed by atoms with Crippen LogP contribution in [-0.2, 0) is 12.8 Å². The quantitative estimate of drug-likeness (QED) is 0.553.